The van der Waals surface area contributed by atoms with E-state index in [1.54, 1.807) is 0 Å². The third-order valence-electron chi connectivity index (χ3n) is 7.23. The van der Waals surface area contributed by atoms with Gasteiger partial charge in [-0.25, -0.2) is 4.99 Å². The third-order valence-corrected chi connectivity index (χ3v) is 10.1. The summed E-state index contributed by atoms with van der Waals surface area (Å²) in [7, 11) is -0.778. The Labute approximate surface area is 209 Å². The molecule has 4 aromatic rings. The normalized spacial score (nSPS) is 18.3. The first kappa shape index (κ1) is 22.3. The van der Waals surface area contributed by atoms with E-state index in [-0.39, 0.29) is 12.1 Å². The van der Waals surface area contributed by atoms with Crippen molar-refractivity contribution in [3.8, 4) is 0 Å². The summed E-state index contributed by atoms with van der Waals surface area (Å²) in [5.74, 6) is 0.798. The summed E-state index contributed by atoms with van der Waals surface area (Å²) >= 11 is 0. The largest absolute Gasteiger partial charge is 0.471 e. The lowest BCUT2D eigenvalue weighted by Crippen LogP contribution is -2.28. The van der Waals surface area contributed by atoms with Crippen molar-refractivity contribution >= 4 is 29.7 Å². The molecule has 0 N–H and O–H groups in total. The Hall–Kier alpha value is -3.22. The average molecular weight is 476 g/mol. The summed E-state index contributed by atoms with van der Waals surface area (Å²) < 4.78 is 6.58. The van der Waals surface area contributed by atoms with Crippen molar-refractivity contribution in [1.29, 1.82) is 0 Å². The molecule has 1 aliphatic carbocycles. The highest BCUT2D eigenvalue weighted by molar-refractivity contribution is 7.80. The molecule has 0 bridgehead atoms. The molecule has 1 heterocycles. The van der Waals surface area contributed by atoms with Crippen LogP contribution in [0.1, 0.15) is 45.0 Å². The summed E-state index contributed by atoms with van der Waals surface area (Å²) in [5, 5.41) is 4.11. The predicted molar refractivity (Wildman–Crippen MR) is 148 cm³/mol. The topological polar surface area (TPSA) is 21.6 Å². The summed E-state index contributed by atoms with van der Waals surface area (Å²) in [5.41, 5.74) is 9.08. The number of ether oxygens (including phenoxy) is 1. The van der Waals surface area contributed by atoms with Gasteiger partial charge in [0.05, 0.1) is 0 Å². The molecule has 174 valence electrons. The van der Waals surface area contributed by atoms with Gasteiger partial charge in [0.2, 0.25) is 5.90 Å². The zero-order chi connectivity index (χ0) is 24.1. The zero-order valence-electron chi connectivity index (χ0n) is 20.7. The van der Waals surface area contributed by atoms with E-state index in [2.05, 4.69) is 113 Å². The zero-order valence-corrected chi connectivity index (χ0v) is 21.6. The predicted octanol–water partition coefficient (Wildman–Crippen LogP) is 6.12. The quantitative estimate of drug-likeness (QED) is 0.326. The van der Waals surface area contributed by atoms with Crippen molar-refractivity contribution < 1.29 is 4.74 Å². The highest BCUT2D eigenvalue weighted by atomic mass is 31.1. The Morgan fingerprint density at radius 2 is 1.34 bits per heavy atom. The van der Waals surface area contributed by atoms with Gasteiger partial charge in [-0.15, -0.1) is 0 Å². The fraction of sp³-hybridized carbons (Fsp3) is 0.219. The van der Waals surface area contributed by atoms with Crippen LogP contribution in [0.25, 0.3) is 0 Å². The van der Waals surface area contributed by atoms with Gasteiger partial charge in [-0.2, -0.15) is 0 Å². The van der Waals surface area contributed by atoms with Crippen molar-refractivity contribution in [1.82, 2.24) is 0 Å². The van der Waals surface area contributed by atoms with Gasteiger partial charge in [0.1, 0.15) is 12.1 Å². The number of benzene rings is 4. The van der Waals surface area contributed by atoms with Gasteiger partial charge in [0.25, 0.3) is 0 Å². The first-order chi connectivity index (χ1) is 17.0. The minimum Gasteiger partial charge on any atom is -0.471 e. The Morgan fingerprint density at radius 3 is 2.03 bits per heavy atom. The molecule has 35 heavy (non-hydrogen) atoms. The van der Waals surface area contributed by atoms with Crippen molar-refractivity contribution in [3.63, 3.8) is 0 Å². The van der Waals surface area contributed by atoms with Crippen LogP contribution < -0.4 is 15.9 Å². The minimum atomic E-state index is -0.778. The van der Waals surface area contributed by atoms with Crippen molar-refractivity contribution in [2.24, 2.45) is 4.99 Å². The van der Waals surface area contributed by atoms with E-state index < -0.39 is 7.92 Å². The van der Waals surface area contributed by atoms with Crippen LogP contribution in [0.3, 0.4) is 0 Å². The van der Waals surface area contributed by atoms with Crippen LogP contribution in [0.2, 0.25) is 0 Å². The molecular weight excluding hydrogens is 445 g/mol. The number of hydrogen-bond donors (Lipinski definition) is 0. The summed E-state index contributed by atoms with van der Waals surface area (Å²) in [6.07, 6.45) is 1.03. The molecule has 3 heteroatoms. The number of fused-ring (bicyclic) bond motifs is 3. The maximum atomic E-state index is 6.58. The minimum absolute atomic E-state index is 0.0997. The van der Waals surface area contributed by atoms with Gasteiger partial charge in [0.15, 0.2) is 0 Å². The third kappa shape index (κ3) is 3.91. The smallest absolute Gasteiger partial charge is 0.217 e. The molecule has 0 spiro atoms. The van der Waals surface area contributed by atoms with Gasteiger partial charge in [-0.3, -0.25) is 0 Å². The standard InChI is InChI=1S/C32H30NOP/c1-20-13-15-28(22(3)17-20)35(29-16-14-21(2)18-23(29)4)30-12-8-7-11-26(30)32-33-31-25-10-6-5-9-24(25)19-27(31)34-32/h5-18,27,31H,19H2,1-4H3/t27-,31+/m0/s1. The second kappa shape index (κ2) is 8.77. The number of nitrogens with zero attached hydrogens (tertiary/aromatic N) is 1. The molecule has 0 saturated carbocycles. The SMILES string of the molecule is Cc1ccc(P(c2ccc(C)cc2C)c2ccccc2C2=N[C@@H]3c4ccccc4C[C@@H]3O2)c(C)c1. The van der Waals surface area contributed by atoms with Gasteiger partial charge in [-0.05, 0) is 79.9 Å². The van der Waals surface area contributed by atoms with Crippen molar-refractivity contribution in [2.45, 2.75) is 46.3 Å². The molecule has 4 aromatic carbocycles. The molecule has 0 aromatic heterocycles. The fourth-order valence-corrected chi connectivity index (χ4v) is 8.29. The van der Waals surface area contributed by atoms with Crippen LogP contribution in [0.4, 0.5) is 0 Å². The Balaban J connectivity index is 1.51. The van der Waals surface area contributed by atoms with E-state index in [4.69, 9.17) is 9.73 Å². The van der Waals surface area contributed by atoms with E-state index in [1.165, 1.54) is 49.3 Å². The number of aryl methyl sites for hydroxylation is 4. The van der Waals surface area contributed by atoms with Gasteiger partial charge in [-0.1, -0.05) is 90.0 Å². The first-order valence-corrected chi connectivity index (χ1v) is 13.7. The van der Waals surface area contributed by atoms with Crippen LogP contribution in [-0.2, 0) is 11.2 Å². The summed E-state index contributed by atoms with van der Waals surface area (Å²) in [6.45, 7) is 8.83. The van der Waals surface area contributed by atoms with Crippen LogP contribution in [0.15, 0.2) is 89.9 Å². The number of aliphatic imine (C=N–C) groups is 1. The number of hydrogen-bond acceptors (Lipinski definition) is 2. The highest BCUT2D eigenvalue weighted by Crippen LogP contribution is 2.42. The molecule has 0 radical (unpaired) electrons. The second-order valence-electron chi connectivity index (χ2n) is 9.87. The van der Waals surface area contributed by atoms with E-state index in [9.17, 15) is 0 Å². The maximum absolute atomic E-state index is 6.58. The lowest BCUT2D eigenvalue weighted by atomic mass is 10.1. The monoisotopic (exact) mass is 475 g/mol. The fourth-order valence-electron chi connectivity index (χ4n) is 5.58. The molecule has 2 nitrogen and oxygen atoms in total. The van der Waals surface area contributed by atoms with Crippen molar-refractivity contribution in [2.75, 3.05) is 0 Å². The van der Waals surface area contributed by atoms with E-state index in [0.717, 1.165) is 17.9 Å². The van der Waals surface area contributed by atoms with Crippen LogP contribution in [0, 0.1) is 27.7 Å². The second-order valence-corrected chi connectivity index (χ2v) is 12.0. The van der Waals surface area contributed by atoms with E-state index >= 15 is 0 Å². The number of rotatable bonds is 4. The van der Waals surface area contributed by atoms with Gasteiger partial charge < -0.3 is 4.74 Å². The lowest BCUT2D eigenvalue weighted by Gasteiger charge is -2.25. The van der Waals surface area contributed by atoms with Crippen LogP contribution >= 0.6 is 7.92 Å². The van der Waals surface area contributed by atoms with E-state index in [0.29, 0.717) is 0 Å². The molecule has 2 atom stereocenters. The molecule has 6 rings (SSSR count). The van der Waals surface area contributed by atoms with Gasteiger partial charge in [0, 0.05) is 12.0 Å². The Bertz CT molecular complexity index is 1420. The molecule has 0 unspecified atom stereocenters. The van der Waals surface area contributed by atoms with Crippen molar-refractivity contribution in [3.05, 3.63) is 124 Å². The molecule has 0 saturated heterocycles. The summed E-state index contributed by atoms with van der Waals surface area (Å²) in [6, 6.07) is 31.3. The van der Waals surface area contributed by atoms with Crippen LogP contribution in [0.5, 0.6) is 0 Å². The first-order valence-electron chi connectivity index (χ1n) is 12.4. The molecule has 1 aliphatic heterocycles. The Morgan fingerprint density at radius 1 is 0.714 bits per heavy atom. The van der Waals surface area contributed by atoms with E-state index in [1.807, 2.05) is 0 Å². The van der Waals surface area contributed by atoms with Crippen LogP contribution in [-0.4, -0.2) is 12.0 Å². The molecule has 0 fully saturated rings. The average Bonchev–Trinajstić information content (AvgIpc) is 3.40. The lowest BCUT2D eigenvalue weighted by molar-refractivity contribution is 0.206. The Kier molecular flexibility index (Phi) is 5.58. The van der Waals surface area contributed by atoms with Gasteiger partial charge >= 0.3 is 0 Å². The molecule has 0 amide bonds. The molecular formula is C32H30NOP. The maximum Gasteiger partial charge on any atom is 0.217 e. The molecule has 2 aliphatic rings. The highest BCUT2D eigenvalue weighted by Gasteiger charge is 2.40. The summed E-state index contributed by atoms with van der Waals surface area (Å²) in [4.78, 5) is 5.17.